The molecule has 0 bridgehead atoms. The normalized spacial score (nSPS) is 25.7. The number of rotatable bonds is 4. The van der Waals surface area contributed by atoms with Crippen molar-refractivity contribution < 1.29 is 14.7 Å². The standard InChI is InChI=1S/C13H21NO3/c1-8(2)5-9(3)12(15)14-6-10(4)11(7-14)13(16)17/h9-11H,1,5-7H2,2-4H3,(H,16,17)/t9?,10-,11-/m1/s1. The summed E-state index contributed by atoms with van der Waals surface area (Å²) in [7, 11) is 0. The molecule has 0 aromatic carbocycles. The van der Waals surface area contributed by atoms with Crippen molar-refractivity contribution in [3.8, 4) is 0 Å². The molecule has 1 aliphatic rings. The minimum absolute atomic E-state index is 0.0356. The minimum atomic E-state index is -0.805. The van der Waals surface area contributed by atoms with Crippen LogP contribution in [-0.2, 0) is 9.59 Å². The first kappa shape index (κ1) is 13.7. The smallest absolute Gasteiger partial charge is 0.308 e. The van der Waals surface area contributed by atoms with Gasteiger partial charge in [0.15, 0.2) is 0 Å². The molecule has 0 radical (unpaired) electrons. The van der Waals surface area contributed by atoms with E-state index in [1.54, 1.807) is 4.90 Å². The third-order valence-electron chi connectivity index (χ3n) is 3.32. The molecule has 1 aliphatic heterocycles. The molecule has 1 fully saturated rings. The van der Waals surface area contributed by atoms with Gasteiger partial charge in [0.1, 0.15) is 0 Å². The summed E-state index contributed by atoms with van der Waals surface area (Å²) in [5.74, 6) is -1.25. The highest BCUT2D eigenvalue weighted by atomic mass is 16.4. The quantitative estimate of drug-likeness (QED) is 0.761. The molecule has 1 amide bonds. The molecule has 3 atom stereocenters. The molecule has 1 rings (SSSR count). The van der Waals surface area contributed by atoms with Crippen LogP contribution in [0.1, 0.15) is 27.2 Å². The molecule has 4 nitrogen and oxygen atoms in total. The lowest BCUT2D eigenvalue weighted by atomic mass is 9.99. The van der Waals surface area contributed by atoms with E-state index in [1.165, 1.54) is 0 Å². The number of hydrogen-bond donors (Lipinski definition) is 1. The van der Waals surface area contributed by atoms with Crippen LogP contribution in [0.3, 0.4) is 0 Å². The van der Waals surface area contributed by atoms with E-state index < -0.39 is 11.9 Å². The third-order valence-corrected chi connectivity index (χ3v) is 3.32. The van der Waals surface area contributed by atoms with Crippen molar-refractivity contribution >= 4 is 11.9 Å². The first-order valence-electron chi connectivity index (χ1n) is 5.99. The highest BCUT2D eigenvalue weighted by Gasteiger charge is 2.37. The number of hydrogen-bond acceptors (Lipinski definition) is 2. The van der Waals surface area contributed by atoms with Crippen molar-refractivity contribution in [2.24, 2.45) is 17.8 Å². The molecule has 1 heterocycles. The third kappa shape index (κ3) is 3.32. The van der Waals surface area contributed by atoms with Crippen LogP contribution in [0.25, 0.3) is 0 Å². The van der Waals surface area contributed by atoms with E-state index in [9.17, 15) is 9.59 Å². The summed E-state index contributed by atoms with van der Waals surface area (Å²) < 4.78 is 0. The summed E-state index contributed by atoms with van der Waals surface area (Å²) in [5.41, 5.74) is 0.980. The molecule has 0 saturated carbocycles. The first-order valence-corrected chi connectivity index (χ1v) is 5.99. The zero-order chi connectivity index (χ0) is 13.2. The maximum absolute atomic E-state index is 12.1. The van der Waals surface area contributed by atoms with Gasteiger partial charge in [0.25, 0.3) is 0 Å². The molecule has 1 N–H and O–H groups in total. The molecule has 0 aromatic heterocycles. The van der Waals surface area contributed by atoms with Gasteiger partial charge < -0.3 is 10.0 Å². The molecule has 1 unspecified atom stereocenters. The Labute approximate surface area is 102 Å². The SMILES string of the molecule is C=C(C)CC(C)C(=O)N1C[C@@H](C)[C@H](C(=O)O)C1. The van der Waals surface area contributed by atoms with Crippen molar-refractivity contribution in [3.05, 3.63) is 12.2 Å². The van der Waals surface area contributed by atoms with Crippen molar-refractivity contribution in [2.45, 2.75) is 27.2 Å². The predicted molar refractivity (Wildman–Crippen MR) is 65.5 cm³/mol. The highest BCUT2D eigenvalue weighted by molar-refractivity contribution is 5.80. The Balaban J connectivity index is 2.61. The molecular weight excluding hydrogens is 218 g/mol. The van der Waals surface area contributed by atoms with Crippen molar-refractivity contribution in [3.63, 3.8) is 0 Å². The largest absolute Gasteiger partial charge is 0.481 e. The van der Waals surface area contributed by atoms with E-state index in [1.807, 2.05) is 20.8 Å². The number of likely N-dealkylation sites (tertiary alicyclic amines) is 1. The minimum Gasteiger partial charge on any atom is -0.481 e. The molecule has 0 spiro atoms. The topological polar surface area (TPSA) is 57.6 Å². The number of aliphatic carboxylic acids is 1. The van der Waals surface area contributed by atoms with Gasteiger partial charge in [-0.25, -0.2) is 0 Å². The van der Waals surface area contributed by atoms with Crippen LogP contribution < -0.4 is 0 Å². The summed E-state index contributed by atoms with van der Waals surface area (Å²) in [6.07, 6.45) is 0.668. The van der Waals surface area contributed by atoms with Crippen molar-refractivity contribution in [2.75, 3.05) is 13.1 Å². The maximum Gasteiger partial charge on any atom is 0.308 e. The Hall–Kier alpha value is -1.32. The van der Waals surface area contributed by atoms with Crippen LogP contribution in [0.15, 0.2) is 12.2 Å². The van der Waals surface area contributed by atoms with E-state index in [0.717, 1.165) is 5.57 Å². The first-order chi connectivity index (χ1) is 7.82. The lowest BCUT2D eigenvalue weighted by Crippen LogP contribution is -2.34. The van der Waals surface area contributed by atoms with Gasteiger partial charge in [-0.1, -0.05) is 19.4 Å². The number of nitrogens with zero attached hydrogens (tertiary/aromatic N) is 1. The van der Waals surface area contributed by atoms with Gasteiger partial charge in [-0.2, -0.15) is 0 Å². The second-order valence-electron chi connectivity index (χ2n) is 5.23. The van der Waals surface area contributed by atoms with E-state index in [4.69, 9.17) is 5.11 Å². The van der Waals surface area contributed by atoms with Crippen LogP contribution >= 0.6 is 0 Å². The second kappa shape index (κ2) is 5.34. The van der Waals surface area contributed by atoms with Gasteiger partial charge >= 0.3 is 5.97 Å². The maximum atomic E-state index is 12.1. The molecule has 17 heavy (non-hydrogen) atoms. The number of carboxylic acids is 1. The average Bonchev–Trinajstić information content (AvgIpc) is 2.58. The Morgan fingerprint density at radius 3 is 2.47 bits per heavy atom. The van der Waals surface area contributed by atoms with Crippen LogP contribution in [-0.4, -0.2) is 35.0 Å². The molecule has 96 valence electrons. The van der Waals surface area contributed by atoms with Crippen LogP contribution in [0.2, 0.25) is 0 Å². The summed E-state index contributed by atoms with van der Waals surface area (Å²) in [6, 6.07) is 0. The Morgan fingerprint density at radius 1 is 1.47 bits per heavy atom. The van der Waals surface area contributed by atoms with E-state index in [-0.39, 0.29) is 17.7 Å². The van der Waals surface area contributed by atoms with Crippen molar-refractivity contribution in [1.82, 2.24) is 4.90 Å². The number of allylic oxidation sites excluding steroid dienone is 1. The fraction of sp³-hybridized carbons (Fsp3) is 0.692. The monoisotopic (exact) mass is 239 g/mol. The predicted octanol–water partition coefficient (Wildman–Crippen LogP) is 1.77. The lowest BCUT2D eigenvalue weighted by Gasteiger charge is -2.20. The van der Waals surface area contributed by atoms with E-state index in [0.29, 0.717) is 19.5 Å². The zero-order valence-electron chi connectivity index (χ0n) is 10.8. The Bertz CT molecular complexity index is 338. The van der Waals surface area contributed by atoms with Crippen molar-refractivity contribution in [1.29, 1.82) is 0 Å². The molecule has 0 aromatic rings. The fourth-order valence-electron chi connectivity index (χ4n) is 2.39. The summed E-state index contributed by atoms with van der Waals surface area (Å²) in [4.78, 5) is 24.7. The number of amides is 1. The molecular formula is C13H21NO3. The average molecular weight is 239 g/mol. The highest BCUT2D eigenvalue weighted by Crippen LogP contribution is 2.25. The zero-order valence-corrected chi connectivity index (χ0v) is 10.8. The summed E-state index contributed by atoms with van der Waals surface area (Å²) >= 11 is 0. The van der Waals surface area contributed by atoms with E-state index in [2.05, 4.69) is 6.58 Å². The van der Waals surface area contributed by atoms with Gasteiger partial charge in [-0.3, -0.25) is 9.59 Å². The fourth-order valence-corrected chi connectivity index (χ4v) is 2.39. The Morgan fingerprint density at radius 2 is 2.06 bits per heavy atom. The summed E-state index contributed by atoms with van der Waals surface area (Å²) in [5, 5.41) is 9.02. The Kier molecular flexibility index (Phi) is 4.32. The van der Waals surface area contributed by atoms with Gasteiger partial charge in [0.2, 0.25) is 5.91 Å². The van der Waals surface area contributed by atoms with Crippen LogP contribution in [0.5, 0.6) is 0 Å². The number of carboxylic acid groups (broad SMARTS) is 1. The number of carbonyl (C=O) groups is 2. The van der Waals surface area contributed by atoms with Gasteiger partial charge in [0, 0.05) is 19.0 Å². The van der Waals surface area contributed by atoms with Crippen LogP contribution in [0.4, 0.5) is 0 Å². The second-order valence-corrected chi connectivity index (χ2v) is 5.23. The van der Waals surface area contributed by atoms with Gasteiger partial charge in [0.05, 0.1) is 5.92 Å². The molecule has 0 aliphatic carbocycles. The van der Waals surface area contributed by atoms with E-state index >= 15 is 0 Å². The molecule has 1 saturated heterocycles. The lowest BCUT2D eigenvalue weighted by molar-refractivity contribution is -0.142. The number of carbonyl (C=O) groups excluding carboxylic acids is 1. The summed E-state index contributed by atoms with van der Waals surface area (Å²) in [6.45, 7) is 10.3. The van der Waals surface area contributed by atoms with Gasteiger partial charge in [-0.15, -0.1) is 6.58 Å². The molecule has 4 heteroatoms. The van der Waals surface area contributed by atoms with Crippen LogP contribution in [0, 0.1) is 17.8 Å². The van der Waals surface area contributed by atoms with Gasteiger partial charge in [-0.05, 0) is 19.3 Å².